The van der Waals surface area contributed by atoms with Crippen LogP contribution in [0.1, 0.15) is 39.7 Å². The average molecular weight is 360 g/mol. The molecule has 4 N–H and O–H groups in total. The number of benzene rings is 1. The quantitative estimate of drug-likeness (QED) is 0.655. The minimum absolute atomic E-state index is 0.161. The number of aliphatic hydroxyl groups is 1. The summed E-state index contributed by atoms with van der Waals surface area (Å²) in [5, 5.41) is 11.0. The molecule has 0 radical (unpaired) electrons. The van der Waals surface area contributed by atoms with E-state index < -0.39 is 11.9 Å². The van der Waals surface area contributed by atoms with Crippen LogP contribution in [-0.2, 0) is 13.0 Å². The second-order valence-corrected chi connectivity index (χ2v) is 7.33. The molecule has 130 valence electrons. The highest BCUT2D eigenvalue weighted by atomic mass is 32.1. The van der Waals surface area contributed by atoms with Crippen LogP contribution in [0.5, 0.6) is 0 Å². The van der Waals surface area contributed by atoms with Gasteiger partial charge in [0.05, 0.1) is 18.3 Å². The summed E-state index contributed by atoms with van der Waals surface area (Å²) in [5.74, 6) is -0.613. The highest BCUT2D eigenvalue weighted by Crippen LogP contribution is 2.29. The van der Waals surface area contributed by atoms with Crippen LogP contribution in [0.2, 0.25) is 0 Å². The molecule has 0 saturated carbocycles. The summed E-state index contributed by atoms with van der Waals surface area (Å²) < 4.78 is 13.7. The molecule has 1 aliphatic heterocycles. The van der Waals surface area contributed by atoms with Gasteiger partial charge in [0.15, 0.2) is 5.13 Å². The number of fused-ring (bicyclic) bond motifs is 2. The number of nitrogens with zero attached hydrogens (tertiary/aromatic N) is 2. The van der Waals surface area contributed by atoms with Crippen LogP contribution >= 0.6 is 11.3 Å². The number of thiazole rings is 1. The Labute approximate surface area is 147 Å². The number of carbonyl (C=O) groups is 1. The van der Waals surface area contributed by atoms with Gasteiger partial charge in [-0.2, -0.15) is 0 Å². The van der Waals surface area contributed by atoms with Gasteiger partial charge in [0.1, 0.15) is 11.5 Å². The third-order valence-electron chi connectivity index (χ3n) is 4.45. The lowest BCUT2D eigenvalue weighted by Crippen LogP contribution is -2.35. The molecular weight excluding hydrogens is 343 g/mol. The largest absolute Gasteiger partial charge is 0.389 e. The van der Waals surface area contributed by atoms with Gasteiger partial charge in [-0.3, -0.25) is 4.79 Å². The van der Waals surface area contributed by atoms with E-state index in [2.05, 4.69) is 9.97 Å². The van der Waals surface area contributed by atoms with Crippen LogP contribution in [0.4, 0.5) is 9.52 Å². The molecule has 8 heteroatoms. The molecule has 0 unspecified atom stereocenters. The maximum absolute atomic E-state index is 13.7. The fourth-order valence-electron chi connectivity index (χ4n) is 3.25. The highest BCUT2D eigenvalue weighted by molar-refractivity contribution is 7.15. The van der Waals surface area contributed by atoms with Crippen LogP contribution in [0.15, 0.2) is 18.2 Å². The standard InChI is InChI=1S/C17H17FN4O2S/c1-8(23)10-4-9(18)5-13-11(10)6-14(20-13)16(24)22-3-2-12-15(7-22)25-17(19)21-12/h4-6,8,20,23H,2-3,7H2,1H3,(H2,19,21)/t8-/m0/s1. The Hall–Kier alpha value is -2.45. The second kappa shape index (κ2) is 5.82. The third-order valence-corrected chi connectivity index (χ3v) is 5.36. The van der Waals surface area contributed by atoms with Crippen molar-refractivity contribution in [2.75, 3.05) is 12.3 Å². The summed E-state index contributed by atoms with van der Waals surface area (Å²) in [5.41, 5.74) is 8.04. The third kappa shape index (κ3) is 2.77. The molecule has 0 fully saturated rings. The summed E-state index contributed by atoms with van der Waals surface area (Å²) in [7, 11) is 0. The van der Waals surface area contributed by atoms with Gasteiger partial charge in [-0.05, 0) is 30.7 Å². The molecule has 1 amide bonds. The van der Waals surface area contributed by atoms with Crippen molar-refractivity contribution < 1.29 is 14.3 Å². The van der Waals surface area contributed by atoms with Crippen molar-refractivity contribution in [3.63, 3.8) is 0 Å². The highest BCUT2D eigenvalue weighted by Gasteiger charge is 2.26. The van der Waals surface area contributed by atoms with E-state index in [0.29, 0.717) is 46.8 Å². The SMILES string of the molecule is C[C@H](O)c1cc(F)cc2[nH]c(C(=O)N3CCc4nc(N)sc4C3)cc12. The maximum Gasteiger partial charge on any atom is 0.270 e. The molecule has 0 spiro atoms. The van der Waals surface area contributed by atoms with Crippen LogP contribution in [0.25, 0.3) is 10.9 Å². The van der Waals surface area contributed by atoms with Crippen molar-refractivity contribution in [2.45, 2.75) is 26.0 Å². The molecule has 25 heavy (non-hydrogen) atoms. The summed E-state index contributed by atoms with van der Waals surface area (Å²) in [4.78, 5) is 22.8. The van der Waals surface area contributed by atoms with Crippen LogP contribution in [0, 0.1) is 5.82 Å². The first-order valence-electron chi connectivity index (χ1n) is 7.96. The number of aliphatic hydroxyl groups excluding tert-OH is 1. The predicted octanol–water partition coefficient (Wildman–Crippen LogP) is 2.60. The van der Waals surface area contributed by atoms with E-state index in [4.69, 9.17) is 5.73 Å². The number of rotatable bonds is 2. The Bertz CT molecular complexity index is 979. The fourth-order valence-corrected chi connectivity index (χ4v) is 4.14. The van der Waals surface area contributed by atoms with Crippen LogP contribution in [-0.4, -0.2) is 32.4 Å². The number of nitrogens with two attached hydrogens (primary N) is 1. The number of hydrogen-bond donors (Lipinski definition) is 3. The topological polar surface area (TPSA) is 95.2 Å². The number of hydrogen-bond acceptors (Lipinski definition) is 5. The fraction of sp³-hybridized carbons (Fsp3) is 0.294. The summed E-state index contributed by atoms with van der Waals surface area (Å²) >= 11 is 1.40. The first kappa shape index (κ1) is 16.0. The molecule has 6 nitrogen and oxygen atoms in total. The zero-order chi connectivity index (χ0) is 17.7. The van der Waals surface area contributed by atoms with Gasteiger partial charge in [0, 0.05) is 28.7 Å². The normalized spacial score (nSPS) is 15.4. The van der Waals surface area contributed by atoms with Crippen molar-refractivity contribution in [3.8, 4) is 0 Å². The molecule has 1 aliphatic rings. The van der Waals surface area contributed by atoms with Crippen LogP contribution < -0.4 is 5.73 Å². The van der Waals surface area contributed by atoms with E-state index in [-0.39, 0.29) is 5.91 Å². The van der Waals surface area contributed by atoms with Gasteiger partial charge < -0.3 is 20.7 Å². The maximum atomic E-state index is 13.7. The van der Waals surface area contributed by atoms with Gasteiger partial charge in [0.2, 0.25) is 0 Å². The smallest absolute Gasteiger partial charge is 0.270 e. The number of aromatic nitrogens is 2. The number of amides is 1. The number of nitrogens with one attached hydrogen (secondary N) is 1. The molecule has 1 aromatic carbocycles. The van der Waals surface area contributed by atoms with Crippen molar-refractivity contribution in [3.05, 3.63) is 45.8 Å². The zero-order valence-electron chi connectivity index (χ0n) is 13.5. The summed E-state index contributed by atoms with van der Waals surface area (Å²) in [6.45, 7) is 2.60. The number of aromatic amines is 1. The molecule has 3 heterocycles. The number of nitrogen functional groups attached to an aromatic ring is 1. The second-order valence-electron chi connectivity index (χ2n) is 6.21. The predicted molar refractivity (Wildman–Crippen MR) is 93.9 cm³/mol. The summed E-state index contributed by atoms with van der Waals surface area (Å²) in [6, 6.07) is 4.30. The molecular formula is C17H17FN4O2S. The Morgan fingerprint density at radius 1 is 1.48 bits per heavy atom. The molecule has 4 rings (SSSR count). The van der Waals surface area contributed by atoms with Crippen molar-refractivity contribution in [1.82, 2.24) is 14.9 Å². The van der Waals surface area contributed by atoms with E-state index in [0.717, 1.165) is 10.6 Å². The first-order valence-corrected chi connectivity index (χ1v) is 8.77. The average Bonchev–Trinajstić information content (AvgIpc) is 3.14. The van der Waals surface area contributed by atoms with E-state index >= 15 is 0 Å². The minimum atomic E-state index is -0.824. The Balaban J connectivity index is 1.68. The van der Waals surface area contributed by atoms with Gasteiger partial charge in [-0.1, -0.05) is 0 Å². The van der Waals surface area contributed by atoms with Gasteiger partial charge in [0.25, 0.3) is 5.91 Å². The molecule has 0 bridgehead atoms. The molecule has 1 atom stereocenters. The lowest BCUT2D eigenvalue weighted by molar-refractivity contribution is 0.0731. The van der Waals surface area contributed by atoms with E-state index in [1.54, 1.807) is 17.9 Å². The lowest BCUT2D eigenvalue weighted by atomic mass is 10.1. The Morgan fingerprint density at radius 3 is 3.04 bits per heavy atom. The number of halogens is 1. The molecule has 3 aromatic rings. The van der Waals surface area contributed by atoms with Gasteiger partial charge in [-0.25, -0.2) is 9.37 Å². The monoisotopic (exact) mass is 360 g/mol. The number of carbonyl (C=O) groups excluding carboxylic acids is 1. The Kier molecular flexibility index (Phi) is 3.73. The first-order chi connectivity index (χ1) is 11.9. The van der Waals surface area contributed by atoms with E-state index in [1.165, 1.54) is 23.5 Å². The minimum Gasteiger partial charge on any atom is -0.389 e. The number of anilines is 1. The van der Waals surface area contributed by atoms with Gasteiger partial charge in [-0.15, -0.1) is 11.3 Å². The zero-order valence-corrected chi connectivity index (χ0v) is 14.4. The van der Waals surface area contributed by atoms with E-state index in [1.807, 2.05) is 0 Å². The van der Waals surface area contributed by atoms with Crippen molar-refractivity contribution >= 4 is 33.3 Å². The molecule has 2 aromatic heterocycles. The van der Waals surface area contributed by atoms with Gasteiger partial charge >= 0.3 is 0 Å². The Morgan fingerprint density at radius 2 is 2.28 bits per heavy atom. The summed E-state index contributed by atoms with van der Waals surface area (Å²) in [6.07, 6.45) is -0.155. The number of H-pyrrole nitrogens is 1. The van der Waals surface area contributed by atoms with Crippen molar-refractivity contribution in [2.24, 2.45) is 0 Å². The van der Waals surface area contributed by atoms with Crippen LogP contribution in [0.3, 0.4) is 0 Å². The molecule has 0 saturated heterocycles. The van der Waals surface area contributed by atoms with Crippen molar-refractivity contribution in [1.29, 1.82) is 0 Å². The van der Waals surface area contributed by atoms with E-state index in [9.17, 15) is 14.3 Å². The molecule has 0 aliphatic carbocycles. The lowest BCUT2D eigenvalue weighted by Gasteiger charge is -2.25.